The number of aromatic carboxylic acids is 1. The lowest BCUT2D eigenvalue weighted by Crippen LogP contribution is -2.22. The molecule has 0 bridgehead atoms. The van der Waals surface area contributed by atoms with Crippen LogP contribution < -0.4 is 0 Å². The van der Waals surface area contributed by atoms with Gasteiger partial charge in [-0.05, 0) is 30.2 Å². The normalized spacial score (nSPS) is 23.1. The molecule has 1 aliphatic rings. The fourth-order valence-corrected chi connectivity index (χ4v) is 3.04. The molecule has 126 valence electrons. The molecule has 0 spiro atoms. The van der Waals surface area contributed by atoms with Crippen molar-refractivity contribution in [1.82, 2.24) is 4.90 Å². The van der Waals surface area contributed by atoms with Crippen molar-refractivity contribution in [1.29, 1.82) is 0 Å². The Kier molecular flexibility index (Phi) is 3.51. The summed E-state index contributed by atoms with van der Waals surface area (Å²) in [5.74, 6) is -1.72. The summed E-state index contributed by atoms with van der Waals surface area (Å²) in [5.41, 5.74) is -1.03. The molecule has 0 aromatic heterocycles. The zero-order valence-electron chi connectivity index (χ0n) is 11.2. The highest BCUT2D eigenvalue weighted by atomic mass is 32.5. The van der Waals surface area contributed by atoms with Gasteiger partial charge in [0.05, 0.1) is 11.7 Å². The van der Waals surface area contributed by atoms with E-state index in [1.54, 1.807) is 4.90 Å². The Morgan fingerprint density at radius 3 is 2.32 bits per heavy atom. The van der Waals surface area contributed by atoms with Gasteiger partial charge < -0.3 is 10.2 Å². The van der Waals surface area contributed by atoms with Crippen LogP contribution in [0.25, 0.3) is 0 Å². The van der Waals surface area contributed by atoms with E-state index in [1.807, 2.05) is 0 Å². The van der Waals surface area contributed by atoms with Gasteiger partial charge in [0.25, 0.3) is 0 Å². The predicted octanol–water partition coefficient (Wildman–Crippen LogP) is 3.61. The van der Waals surface area contributed by atoms with Crippen LogP contribution in [0.15, 0.2) is 23.1 Å². The summed E-state index contributed by atoms with van der Waals surface area (Å²) < 4.78 is 64.5. The summed E-state index contributed by atoms with van der Waals surface area (Å²) in [6.45, 7) is 0.451. The first kappa shape index (κ1) is 17.0. The maximum Gasteiger partial charge on any atom is 0.335 e. The number of hydrogen-bond donors (Lipinski definition) is 2. The van der Waals surface area contributed by atoms with Gasteiger partial charge in [0, 0.05) is 19.6 Å². The Hall–Kier alpha value is -1.39. The van der Waals surface area contributed by atoms with Crippen LogP contribution in [0.5, 0.6) is 0 Å². The third kappa shape index (κ3) is 4.08. The molecular formula is C12H14F5NO3S. The van der Waals surface area contributed by atoms with E-state index in [0.29, 0.717) is 13.0 Å². The van der Waals surface area contributed by atoms with Crippen LogP contribution in [0.4, 0.5) is 19.4 Å². The highest BCUT2D eigenvalue weighted by Crippen LogP contribution is 3.02. The lowest BCUT2D eigenvalue weighted by molar-refractivity contribution is 0.0696. The van der Waals surface area contributed by atoms with Gasteiger partial charge in [-0.2, -0.15) is 0 Å². The van der Waals surface area contributed by atoms with Crippen LogP contribution in [0.3, 0.4) is 0 Å². The summed E-state index contributed by atoms with van der Waals surface area (Å²) in [6, 6.07) is 1.16. The van der Waals surface area contributed by atoms with Crippen LogP contribution in [0, 0.1) is 0 Å². The largest absolute Gasteiger partial charge is 0.478 e. The molecule has 1 aromatic rings. The molecule has 0 aliphatic carbocycles. The highest BCUT2D eigenvalue weighted by molar-refractivity contribution is 8.45. The summed E-state index contributed by atoms with van der Waals surface area (Å²) in [6.07, 6.45) is -0.203. The zero-order chi connectivity index (χ0) is 16.8. The first-order valence-electron chi connectivity index (χ1n) is 6.26. The Morgan fingerprint density at radius 2 is 1.86 bits per heavy atom. The number of carbonyl (C=O) groups is 1. The van der Waals surface area contributed by atoms with Crippen molar-refractivity contribution in [3.63, 3.8) is 0 Å². The van der Waals surface area contributed by atoms with E-state index in [1.165, 1.54) is 0 Å². The van der Waals surface area contributed by atoms with E-state index in [9.17, 15) is 29.3 Å². The fraction of sp³-hybridized carbons (Fsp3) is 0.417. The van der Waals surface area contributed by atoms with E-state index in [0.717, 1.165) is 6.07 Å². The molecule has 1 fully saturated rings. The van der Waals surface area contributed by atoms with Crippen molar-refractivity contribution < 1.29 is 34.4 Å². The zero-order valence-corrected chi connectivity index (χ0v) is 12.0. The van der Waals surface area contributed by atoms with Gasteiger partial charge in [-0.1, -0.05) is 19.4 Å². The molecule has 0 unspecified atom stereocenters. The summed E-state index contributed by atoms with van der Waals surface area (Å²) in [7, 11) is -9.96. The van der Waals surface area contributed by atoms with Gasteiger partial charge in [-0.25, -0.2) is 4.79 Å². The SMILES string of the molecule is O=C(O)c1cc(CN2CC[C@H](O)C2)cc(S(F)(F)(F)(F)F)c1. The molecule has 1 atom stereocenters. The lowest BCUT2D eigenvalue weighted by atomic mass is 10.1. The van der Waals surface area contributed by atoms with Crippen molar-refractivity contribution in [3.8, 4) is 0 Å². The van der Waals surface area contributed by atoms with Gasteiger partial charge >= 0.3 is 16.2 Å². The fourth-order valence-electron chi connectivity index (χ4n) is 2.31. The lowest BCUT2D eigenvalue weighted by Gasteiger charge is -2.41. The minimum atomic E-state index is -9.96. The van der Waals surface area contributed by atoms with E-state index < -0.39 is 32.8 Å². The van der Waals surface area contributed by atoms with Crippen molar-refractivity contribution >= 4 is 16.2 Å². The number of halogens is 5. The number of hydrogen-bond acceptors (Lipinski definition) is 3. The third-order valence-electron chi connectivity index (χ3n) is 3.31. The molecule has 2 N–H and O–H groups in total. The molecule has 0 radical (unpaired) electrons. The number of aliphatic hydroxyl groups is 1. The minimum Gasteiger partial charge on any atom is -0.478 e. The van der Waals surface area contributed by atoms with Gasteiger partial charge in [-0.15, -0.1) is 0 Å². The molecule has 0 saturated carbocycles. The summed E-state index contributed by atoms with van der Waals surface area (Å²) in [4.78, 5) is 10.2. The summed E-state index contributed by atoms with van der Waals surface area (Å²) in [5, 5.41) is 18.2. The van der Waals surface area contributed by atoms with Crippen molar-refractivity contribution in [3.05, 3.63) is 29.3 Å². The maximum absolute atomic E-state index is 12.9. The molecular weight excluding hydrogens is 333 g/mol. The average Bonchev–Trinajstić information content (AvgIpc) is 2.71. The highest BCUT2D eigenvalue weighted by Gasteiger charge is 2.65. The smallest absolute Gasteiger partial charge is 0.335 e. The third-order valence-corrected chi connectivity index (χ3v) is 4.44. The number of nitrogens with zero attached hydrogens (tertiary/aromatic N) is 1. The quantitative estimate of drug-likeness (QED) is 0.817. The standard InChI is InChI=1S/C12H14F5NO3S/c13-22(14,15,16,17)11-4-8(3-9(5-11)12(20)21)6-18-2-1-10(19)7-18/h3-5,10,19H,1-2,6-7H2,(H,20,21)/t10-/m0/s1. The number of aliphatic hydroxyl groups excluding tert-OH is 1. The monoisotopic (exact) mass is 347 g/mol. The number of carboxylic acids is 1. The Morgan fingerprint density at radius 1 is 1.23 bits per heavy atom. The number of benzene rings is 1. The van der Waals surface area contributed by atoms with Crippen molar-refractivity contribution in [2.45, 2.75) is 24.0 Å². The Balaban J connectivity index is 2.43. The molecule has 1 aliphatic heterocycles. The molecule has 1 aromatic carbocycles. The van der Waals surface area contributed by atoms with Gasteiger partial charge in [0.15, 0.2) is 0 Å². The van der Waals surface area contributed by atoms with Crippen molar-refractivity contribution in [2.75, 3.05) is 13.1 Å². The van der Waals surface area contributed by atoms with E-state index >= 15 is 0 Å². The van der Waals surface area contributed by atoms with E-state index in [2.05, 4.69) is 0 Å². The first-order chi connectivity index (χ1) is 9.74. The molecule has 0 amide bonds. The van der Waals surface area contributed by atoms with E-state index in [4.69, 9.17) is 5.11 Å². The first-order valence-corrected chi connectivity index (χ1v) is 8.21. The van der Waals surface area contributed by atoms with Crippen LogP contribution in [0.2, 0.25) is 0 Å². The minimum absolute atomic E-state index is 0.0494. The number of rotatable bonds is 4. The van der Waals surface area contributed by atoms with Crippen LogP contribution >= 0.6 is 10.2 Å². The topological polar surface area (TPSA) is 60.8 Å². The van der Waals surface area contributed by atoms with Crippen LogP contribution in [-0.4, -0.2) is 40.3 Å². The second-order valence-corrected chi connectivity index (χ2v) is 7.73. The second-order valence-electron chi connectivity index (χ2n) is 5.32. The average molecular weight is 347 g/mol. The Bertz CT molecular complexity index is 619. The van der Waals surface area contributed by atoms with E-state index in [-0.39, 0.29) is 30.8 Å². The Labute approximate surface area is 122 Å². The molecule has 22 heavy (non-hydrogen) atoms. The number of β-amino-alcohol motifs (C(OH)–C–C–N with tert-alkyl or cyclic N) is 1. The second kappa shape index (κ2) is 4.56. The molecule has 1 heterocycles. The summed E-state index contributed by atoms with van der Waals surface area (Å²) >= 11 is 0. The van der Waals surface area contributed by atoms with Gasteiger partial charge in [-0.3, -0.25) is 4.90 Å². The molecule has 4 nitrogen and oxygen atoms in total. The number of carboxylic acid groups (broad SMARTS) is 1. The van der Waals surface area contributed by atoms with Gasteiger partial charge in [0.1, 0.15) is 4.90 Å². The van der Waals surface area contributed by atoms with Gasteiger partial charge in [0.2, 0.25) is 0 Å². The molecule has 1 saturated heterocycles. The number of likely N-dealkylation sites (tertiary alicyclic amines) is 1. The molecule has 2 rings (SSSR count). The molecule has 10 heteroatoms. The van der Waals surface area contributed by atoms with Crippen molar-refractivity contribution in [2.24, 2.45) is 0 Å². The van der Waals surface area contributed by atoms with Crippen LogP contribution in [-0.2, 0) is 6.54 Å². The maximum atomic E-state index is 12.9. The van der Waals surface area contributed by atoms with Crippen LogP contribution in [0.1, 0.15) is 22.3 Å². The predicted molar refractivity (Wildman–Crippen MR) is 70.7 cm³/mol.